The van der Waals surface area contributed by atoms with E-state index < -0.39 is 5.41 Å². The first-order chi connectivity index (χ1) is 15.1. The molecule has 1 aliphatic heterocycles. The number of rotatable bonds is 6. The lowest BCUT2D eigenvalue weighted by atomic mass is 9.94. The van der Waals surface area contributed by atoms with E-state index in [0.29, 0.717) is 17.3 Å². The molecule has 7 nitrogen and oxygen atoms in total. The second-order valence-electron chi connectivity index (χ2n) is 7.60. The zero-order chi connectivity index (χ0) is 21.4. The number of ether oxygens (including phenoxy) is 4. The Labute approximate surface area is 179 Å². The number of amides is 1. The number of carbonyl (C=O) groups excluding carboxylic acids is 1. The average Bonchev–Trinajstić information content (AvgIpc) is 3.50. The van der Waals surface area contributed by atoms with Crippen molar-refractivity contribution in [2.75, 3.05) is 26.3 Å². The van der Waals surface area contributed by atoms with Crippen LogP contribution in [0.15, 0.2) is 54.7 Å². The molecule has 0 saturated heterocycles. The maximum atomic E-state index is 13.1. The van der Waals surface area contributed by atoms with E-state index in [0.717, 1.165) is 41.0 Å². The molecule has 1 fully saturated rings. The highest BCUT2D eigenvalue weighted by atomic mass is 16.7. The lowest BCUT2D eigenvalue weighted by molar-refractivity contribution is -0.118. The fourth-order valence-electron chi connectivity index (χ4n) is 3.87. The van der Waals surface area contributed by atoms with Gasteiger partial charge in [-0.3, -0.25) is 4.79 Å². The van der Waals surface area contributed by atoms with Crippen LogP contribution in [0.4, 0.5) is 5.82 Å². The van der Waals surface area contributed by atoms with Gasteiger partial charge in [0.15, 0.2) is 11.5 Å². The summed E-state index contributed by atoms with van der Waals surface area (Å²) in [6, 6.07) is 15.0. The Bertz CT molecular complexity index is 1140. The summed E-state index contributed by atoms with van der Waals surface area (Å²) in [6.45, 7) is 0.215. The minimum atomic E-state index is -0.544. The number of nitrogens with one attached hydrogen (secondary N) is 1. The molecular formula is C24H22N2O5. The number of aromatic nitrogens is 1. The molecule has 2 aliphatic rings. The van der Waals surface area contributed by atoms with Crippen molar-refractivity contribution >= 4 is 11.7 Å². The van der Waals surface area contributed by atoms with E-state index in [1.165, 1.54) is 0 Å². The SMILES string of the molecule is COc1ccc(OC)c(-c2ccc(NC(=O)C3(c4ccc5c(c4)OCO5)CC3)nc2)c1. The van der Waals surface area contributed by atoms with Gasteiger partial charge in [-0.1, -0.05) is 6.07 Å². The first-order valence-corrected chi connectivity index (χ1v) is 10.0. The minimum Gasteiger partial charge on any atom is -0.497 e. The van der Waals surface area contributed by atoms with Gasteiger partial charge in [-0.25, -0.2) is 4.98 Å². The standard InChI is InChI=1S/C24H22N2O5/c1-28-17-5-7-19(29-2)18(12-17)15-3-8-22(25-13-15)26-23(27)24(9-10-24)16-4-6-20-21(11-16)31-14-30-20/h3-8,11-13H,9-10,14H2,1-2H3,(H,25,26,27). The van der Waals surface area contributed by atoms with E-state index in [2.05, 4.69) is 10.3 Å². The van der Waals surface area contributed by atoms with Crippen LogP contribution in [0, 0.1) is 0 Å². The molecule has 158 valence electrons. The zero-order valence-electron chi connectivity index (χ0n) is 17.3. The van der Waals surface area contributed by atoms with E-state index in [1.54, 1.807) is 26.5 Å². The van der Waals surface area contributed by atoms with Gasteiger partial charge in [-0.05, 0) is 60.9 Å². The van der Waals surface area contributed by atoms with Gasteiger partial charge in [0.1, 0.15) is 17.3 Å². The number of hydrogen-bond donors (Lipinski definition) is 1. The summed E-state index contributed by atoms with van der Waals surface area (Å²) in [4.78, 5) is 17.5. The highest BCUT2D eigenvalue weighted by Gasteiger charge is 2.51. The summed E-state index contributed by atoms with van der Waals surface area (Å²) < 4.78 is 21.6. The van der Waals surface area contributed by atoms with Crippen molar-refractivity contribution in [1.82, 2.24) is 4.98 Å². The number of pyridine rings is 1. The molecule has 1 amide bonds. The quantitative estimate of drug-likeness (QED) is 0.648. The fourth-order valence-corrected chi connectivity index (χ4v) is 3.87. The largest absolute Gasteiger partial charge is 0.497 e. The number of methoxy groups -OCH3 is 2. The van der Waals surface area contributed by atoms with E-state index >= 15 is 0 Å². The predicted octanol–water partition coefficient (Wildman–Crippen LogP) is 4.16. The molecule has 0 spiro atoms. The van der Waals surface area contributed by atoms with Crippen molar-refractivity contribution in [2.24, 2.45) is 0 Å². The molecule has 1 saturated carbocycles. The summed E-state index contributed by atoms with van der Waals surface area (Å²) >= 11 is 0. The number of carbonyl (C=O) groups is 1. The first kappa shape index (κ1) is 19.2. The van der Waals surface area contributed by atoms with Gasteiger partial charge in [0.05, 0.1) is 19.6 Å². The van der Waals surface area contributed by atoms with Crippen LogP contribution in [0.3, 0.4) is 0 Å². The topological polar surface area (TPSA) is 78.9 Å². The molecule has 5 rings (SSSR count). The van der Waals surface area contributed by atoms with E-state index in [1.807, 2.05) is 42.5 Å². The molecule has 0 atom stereocenters. The maximum absolute atomic E-state index is 13.1. The van der Waals surface area contributed by atoms with Crippen LogP contribution in [-0.2, 0) is 10.2 Å². The molecular weight excluding hydrogens is 396 g/mol. The summed E-state index contributed by atoms with van der Waals surface area (Å²) in [5.41, 5.74) is 2.13. The van der Waals surface area contributed by atoms with Gasteiger partial charge >= 0.3 is 0 Å². The molecule has 7 heteroatoms. The second-order valence-corrected chi connectivity index (χ2v) is 7.60. The molecule has 2 aromatic carbocycles. The van der Waals surface area contributed by atoms with Crippen LogP contribution in [-0.4, -0.2) is 31.9 Å². The van der Waals surface area contributed by atoms with E-state index in [-0.39, 0.29) is 12.7 Å². The minimum absolute atomic E-state index is 0.0643. The van der Waals surface area contributed by atoms with E-state index in [9.17, 15) is 4.79 Å². The molecule has 3 aromatic rings. The second kappa shape index (κ2) is 7.50. The van der Waals surface area contributed by atoms with Gasteiger partial charge in [-0.2, -0.15) is 0 Å². The van der Waals surface area contributed by atoms with Crippen LogP contribution in [0.2, 0.25) is 0 Å². The Morgan fingerprint density at radius 2 is 1.84 bits per heavy atom. The molecule has 1 aromatic heterocycles. The molecule has 31 heavy (non-hydrogen) atoms. The summed E-state index contributed by atoms with van der Waals surface area (Å²) in [5, 5.41) is 2.96. The summed E-state index contributed by atoms with van der Waals surface area (Å²) in [6.07, 6.45) is 3.29. The van der Waals surface area contributed by atoms with Crippen molar-refractivity contribution < 1.29 is 23.7 Å². The highest BCUT2D eigenvalue weighted by Crippen LogP contribution is 2.51. The van der Waals surface area contributed by atoms with Crippen molar-refractivity contribution in [3.8, 4) is 34.1 Å². The Hall–Kier alpha value is -3.74. The Balaban J connectivity index is 1.35. The third kappa shape index (κ3) is 3.42. The number of benzene rings is 2. The smallest absolute Gasteiger partial charge is 0.236 e. The van der Waals surface area contributed by atoms with Crippen molar-refractivity contribution in [1.29, 1.82) is 0 Å². The Kier molecular flexibility index (Phi) is 4.66. The average molecular weight is 418 g/mol. The van der Waals surface area contributed by atoms with Gasteiger partial charge in [-0.15, -0.1) is 0 Å². The number of anilines is 1. The van der Waals surface area contributed by atoms with Gasteiger partial charge in [0, 0.05) is 17.3 Å². The third-order valence-electron chi connectivity index (χ3n) is 5.83. The maximum Gasteiger partial charge on any atom is 0.236 e. The van der Waals surface area contributed by atoms with Crippen LogP contribution in [0.25, 0.3) is 11.1 Å². The normalized spacial score (nSPS) is 15.3. The molecule has 0 unspecified atom stereocenters. The van der Waals surface area contributed by atoms with Crippen molar-refractivity contribution in [3.05, 3.63) is 60.3 Å². The molecule has 0 radical (unpaired) electrons. The number of fused-ring (bicyclic) bond motifs is 1. The van der Waals surface area contributed by atoms with Crippen LogP contribution >= 0.6 is 0 Å². The van der Waals surface area contributed by atoms with Gasteiger partial charge < -0.3 is 24.3 Å². The molecule has 2 heterocycles. The Morgan fingerprint density at radius 1 is 1.00 bits per heavy atom. The number of hydrogen-bond acceptors (Lipinski definition) is 6. The molecule has 1 aliphatic carbocycles. The van der Waals surface area contributed by atoms with Crippen molar-refractivity contribution in [3.63, 3.8) is 0 Å². The summed E-state index contributed by atoms with van der Waals surface area (Å²) in [7, 11) is 3.24. The Morgan fingerprint density at radius 3 is 2.55 bits per heavy atom. The molecule has 0 bridgehead atoms. The number of nitrogens with zero attached hydrogens (tertiary/aromatic N) is 1. The van der Waals surface area contributed by atoms with Gasteiger partial charge in [0.25, 0.3) is 0 Å². The third-order valence-corrected chi connectivity index (χ3v) is 5.83. The van der Waals surface area contributed by atoms with Crippen molar-refractivity contribution in [2.45, 2.75) is 18.3 Å². The fraction of sp³-hybridized carbons (Fsp3) is 0.250. The lowest BCUT2D eigenvalue weighted by Gasteiger charge is -2.16. The molecule has 1 N–H and O–H groups in total. The lowest BCUT2D eigenvalue weighted by Crippen LogP contribution is -2.28. The summed E-state index contributed by atoms with van der Waals surface area (Å²) in [5.74, 6) is 3.29. The predicted molar refractivity (Wildman–Crippen MR) is 115 cm³/mol. The highest BCUT2D eigenvalue weighted by molar-refractivity contribution is 6.01. The zero-order valence-corrected chi connectivity index (χ0v) is 17.3. The monoisotopic (exact) mass is 418 g/mol. The van der Waals surface area contributed by atoms with Crippen LogP contribution in [0.5, 0.6) is 23.0 Å². The van der Waals surface area contributed by atoms with E-state index in [4.69, 9.17) is 18.9 Å². The van der Waals surface area contributed by atoms with Crippen LogP contribution < -0.4 is 24.3 Å². The first-order valence-electron chi connectivity index (χ1n) is 10.0. The van der Waals surface area contributed by atoms with Gasteiger partial charge in [0.2, 0.25) is 12.7 Å². The van der Waals surface area contributed by atoms with Crippen LogP contribution in [0.1, 0.15) is 18.4 Å².